The molecule has 310 valence electrons. The van der Waals surface area contributed by atoms with Gasteiger partial charge in [0.15, 0.2) is 5.78 Å². The number of ether oxygens (including phenoxy) is 1. The van der Waals surface area contributed by atoms with Crippen molar-refractivity contribution >= 4 is 5.78 Å². The zero-order valence-corrected chi connectivity index (χ0v) is 35.3. The molecule has 0 aromatic carbocycles. The first-order chi connectivity index (χ1) is 26.4. The highest BCUT2D eigenvalue weighted by Crippen LogP contribution is 2.11. The lowest BCUT2D eigenvalue weighted by Crippen LogP contribution is -2.42. The van der Waals surface area contributed by atoms with E-state index in [4.69, 9.17) is 9.84 Å². The molecule has 4 aliphatic heterocycles. The Kier molecular flexibility index (Phi) is 28.9. The monoisotopic (exact) mass is 769 g/mol. The van der Waals surface area contributed by atoms with Crippen LogP contribution in [0.25, 0.3) is 0 Å². The normalized spacial score (nSPS) is 18.8. The van der Waals surface area contributed by atoms with Crippen LogP contribution in [0, 0.1) is 0 Å². The van der Waals surface area contributed by atoms with E-state index < -0.39 is 12.3 Å². The lowest BCUT2D eigenvalue weighted by Gasteiger charge is -2.28. The topological polar surface area (TPSA) is 101 Å². The number of carbonyl (C=O) groups excluding carboxylic acids is 1. The molecule has 2 atom stereocenters. The van der Waals surface area contributed by atoms with Crippen molar-refractivity contribution in [1.82, 2.24) is 39.5 Å². The van der Waals surface area contributed by atoms with Gasteiger partial charge in [0.2, 0.25) is 0 Å². The molecule has 3 aromatic rings. The molecule has 0 bridgehead atoms. The average Bonchev–Trinajstić information content (AvgIpc) is 3.70. The van der Waals surface area contributed by atoms with Crippen molar-refractivity contribution in [2.24, 2.45) is 0 Å². The predicted octanol–water partition coefficient (Wildman–Crippen LogP) is 6.16. The minimum atomic E-state index is -0.953. The van der Waals surface area contributed by atoms with Crippen LogP contribution in [-0.2, 0) is 4.74 Å². The number of carbonyl (C=O) groups is 1. The molecule has 2 unspecified atom stereocenters. The summed E-state index contributed by atoms with van der Waals surface area (Å²) in [6.07, 6.45) is 10.6. The lowest BCUT2D eigenvalue weighted by molar-refractivity contribution is 0.0503. The van der Waals surface area contributed by atoms with E-state index in [1.165, 1.54) is 98.3 Å². The Morgan fingerprint density at radius 1 is 0.582 bits per heavy atom. The molecule has 7 heterocycles. The van der Waals surface area contributed by atoms with E-state index in [2.05, 4.69) is 74.7 Å². The third kappa shape index (κ3) is 27.9. The number of aliphatic hydroxyl groups excluding tert-OH is 1. The van der Waals surface area contributed by atoms with Crippen molar-refractivity contribution in [2.75, 3.05) is 114 Å². The first kappa shape index (κ1) is 49.8. The number of alkyl halides is 1. The molecule has 0 amide bonds. The Hall–Kier alpha value is -3.23. The quantitative estimate of drug-likeness (QED) is 0.311. The molecular weight excluding hydrogens is 696 g/mol. The molecule has 1 N–H and O–H groups in total. The number of hydrogen-bond donors (Lipinski definition) is 1. The minimum absolute atomic E-state index is 0.00981. The summed E-state index contributed by atoms with van der Waals surface area (Å²) in [6.45, 7) is 18.9. The standard InChI is InChI=1S/C7H8FN.C7H9NO.C7H7NO.C6H14N2.C6H13N.C5H11NO.C5H11N/c1-6(8)7-4-2-3-5-9-7;2*1-6(9)7-4-2-3-5-8-7;1-7-3-5-8(2)6-4-7;1-7-5-3-2-4-6-7;1-6-2-4-7-5-3-6;1-6-4-2-3-5-6/h2-6H,1H3;2-6,9H,1H3;2-5H,1H3;3-6H2,1-2H3;2-6H2,1H3;2-5H2,1H3;2-5H2,1H3. The van der Waals surface area contributed by atoms with Gasteiger partial charge in [0.1, 0.15) is 11.9 Å². The minimum Gasteiger partial charge on any atom is -0.387 e. The number of morpholine rings is 1. The second kappa shape index (κ2) is 31.9. The summed E-state index contributed by atoms with van der Waals surface area (Å²) in [7, 11) is 10.8. The number of hydrogen-bond acceptors (Lipinski definition) is 11. The van der Waals surface area contributed by atoms with Crippen LogP contribution in [0.1, 0.15) is 87.0 Å². The van der Waals surface area contributed by atoms with Crippen LogP contribution >= 0.6 is 0 Å². The molecule has 7 rings (SSSR count). The van der Waals surface area contributed by atoms with Crippen molar-refractivity contribution in [2.45, 2.75) is 65.2 Å². The molecule has 0 radical (unpaired) electrons. The van der Waals surface area contributed by atoms with Gasteiger partial charge < -0.3 is 34.3 Å². The smallest absolute Gasteiger partial charge is 0.178 e. The summed E-state index contributed by atoms with van der Waals surface area (Å²) in [5.74, 6) is 0.00981. The Balaban J connectivity index is 0.000000322. The van der Waals surface area contributed by atoms with Gasteiger partial charge in [-0.1, -0.05) is 24.6 Å². The summed E-state index contributed by atoms with van der Waals surface area (Å²) >= 11 is 0. The number of rotatable bonds is 3. The van der Waals surface area contributed by atoms with E-state index in [-0.39, 0.29) is 5.78 Å². The van der Waals surface area contributed by atoms with Gasteiger partial charge in [-0.15, -0.1) is 0 Å². The number of aromatic nitrogens is 3. The second-order valence-corrected chi connectivity index (χ2v) is 14.5. The number of Topliss-reactive ketones (excluding diaryl/α,β-unsaturated/α-hetero) is 1. The Morgan fingerprint density at radius 2 is 0.964 bits per heavy atom. The average molecular weight is 769 g/mol. The molecule has 12 heteroatoms. The molecular formula is C43H73FN8O3. The largest absolute Gasteiger partial charge is 0.387 e. The summed E-state index contributed by atoms with van der Waals surface area (Å²) in [4.78, 5) is 33.9. The number of nitrogens with zero attached hydrogens (tertiary/aromatic N) is 8. The SMILES string of the molecule is CC(=O)c1ccccn1.CC(F)c1ccccn1.CC(O)c1ccccn1.CN1CCCC1.CN1CCCCC1.CN1CCN(C)CC1.CN1CCOCC1. The zero-order chi connectivity index (χ0) is 40.7. The van der Waals surface area contributed by atoms with Crippen molar-refractivity contribution in [3.8, 4) is 0 Å². The fourth-order valence-corrected chi connectivity index (χ4v) is 5.29. The van der Waals surface area contributed by atoms with Gasteiger partial charge >= 0.3 is 0 Å². The fraction of sp³-hybridized carbons (Fsp3) is 0.628. The van der Waals surface area contributed by atoms with Crippen molar-refractivity contribution in [3.63, 3.8) is 0 Å². The Morgan fingerprint density at radius 3 is 1.18 bits per heavy atom. The van der Waals surface area contributed by atoms with Crippen LogP contribution in [0.3, 0.4) is 0 Å². The van der Waals surface area contributed by atoms with Crippen LogP contribution in [0.15, 0.2) is 73.2 Å². The number of piperidine rings is 1. The van der Waals surface area contributed by atoms with E-state index in [9.17, 15) is 9.18 Å². The number of ketones is 1. The third-order valence-corrected chi connectivity index (χ3v) is 9.11. The van der Waals surface area contributed by atoms with Gasteiger partial charge in [-0.2, -0.15) is 0 Å². The van der Waals surface area contributed by atoms with Gasteiger partial charge in [-0.05, 0) is 137 Å². The lowest BCUT2D eigenvalue weighted by atomic mass is 10.1. The van der Waals surface area contributed by atoms with Gasteiger partial charge in [0.05, 0.1) is 30.7 Å². The van der Waals surface area contributed by atoms with Gasteiger partial charge in [-0.25, -0.2) is 4.39 Å². The summed E-state index contributed by atoms with van der Waals surface area (Å²) < 4.78 is 17.5. The molecule has 4 aliphatic rings. The van der Waals surface area contributed by atoms with Crippen molar-refractivity contribution < 1.29 is 19.0 Å². The molecule has 11 nitrogen and oxygen atoms in total. The number of piperazine rings is 1. The van der Waals surface area contributed by atoms with Crippen LogP contribution in [-0.4, -0.2) is 164 Å². The molecule has 55 heavy (non-hydrogen) atoms. The van der Waals surface area contributed by atoms with E-state index in [0.717, 1.165) is 32.0 Å². The van der Waals surface area contributed by atoms with Crippen LogP contribution < -0.4 is 0 Å². The van der Waals surface area contributed by atoms with Gasteiger partial charge in [0, 0.05) is 64.8 Å². The molecule has 3 aromatic heterocycles. The highest BCUT2D eigenvalue weighted by atomic mass is 19.1. The highest BCUT2D eigenvalue weighted by molar-refractivity contribution is 5.91. The summed E-state index contributed by atoms with van der Waals surface area (Å²) in [6, 6.07) is 16.0. The van der Waals surface area contributed by atoms with E-state index in [0.29, 0.717) is 11.4 Å². The number of likely N-dealkylation sites (tertiary alicyclic amines) is 2. The number of likely N-dealkylation sites (N-methyl/N-ethyl adjacent to an activating group) is 3. The van der Waals surface area contributed by atoms with Gasteiger partial charge in [-0.3, -0.25) is 19.7 Å². The maximum atomic E-state index is 12.4. The van der Waals surface area contributed by atoms with Gasteiger partial charge in [0.25, 0.3) is 0 Å². The van der Waals surface area contributed by atoms with Crippen LogP contribution in [0.5, 0.6) is 0 Å². The maximum absolute atomic E-state index is 12.4. The number of aliphatic hydroxyl groups is 1. The summed E-state index contributed by atoms with van der Waals surface area (Å²) in [5.41, 5.74) is 1.74. The predicted molar refractivity (Wildman–Crippen MR) is 224 cm³/mol. The van der Waals surface area contributed by atoms with E-state index in [1.807, 2.05) is 12.1 Å². The first-order valence-electron chi connectivity index (χ1n) is 19.9. The maximum Gasteiger partial charge on any atom is 0.178 e. The number of pyridine rings is 3. The third-order valence-electron chi connectivity index (χ3n) is 9.11. The second-order valence-electron chi connectivity index (χ2n) is 14.5. The van der Waals surface area contributed by atoms with E-state index >= 15 is 0 Å². The molecule has 4 saturated heterocycles. The Labute approximate surface area is 332 Å². The van der Waals surface area contributed by atoms with Crippen molar-refractivity contribution in [3.05, 3.63) is 90.3 Å². The molecule has 0 spiro atoms. The molecule has 4 fully saturated rings. The highest BCUT2D eigenvalue weighted by Gasteiger charge is 2.08. The van der Waals surface area contributed by atoms with E-state index in [1.54, 1.807) is 68.0 Å². The Bertz CT molecular complexity index is 1220. The first-order valence-corrected chi connectivity index (χ1v) is 19.9. The summed E-state index contributed by atoms with van der Waals surface area (Å²) in [5, 5.41) is 8.96. The molecule has 0 aliphatic carbocycles. The fourth-order valence-electron chi connectivity index (χ4n) is 5.29. The van der Waals surface area contributed by atoms with Crippen LogP contribution in [0.2, 0.25) is 0 Å². The van der Waals surface area contributed by atoms with Crippen LogP contribution in [0.4, 0.5) is 4.39 Å². The van der Waals surface area contributed by atoms with Crippen molar-refractivity contribution in [1.29, 1.82) is 0 Å². The number of halogens is 1. The molecule has 0 saturated carbocycles. The zero-order valence-electron chi connectivity index (χ0n) is 35.3.